The van der Waals surface area contributed by atoms with Crippen molar-refractivity contribution in [1.29, 1.82) is 0 Å². The Morgan fingerprint density at radius 1 is 0.973 bits per heavy atom. The Labute approximate surface area is 210 Å². The number of rotatable bonds is 9. The second-order valence-corrected chi connectivity index (χ2v) is 7.36. The molecule has 4 N–H and O–H groups in total. The Bertz CT molecular complexity index is 1450. The number of nitrogens with one attached hydrogen (secondary N) is 4. The summed E-state index contributed by atoms with van der Waals surface area (Å²) in [4.78, 5) is 39.6. The van der Waals surface area contributed by atoms with Crippen molar-refractivity contribution in [3.63, 3.8) is 0 Å². The maximum absolute atomic E-state index is 14.4. The van der Waals surface area contributed by atoms with Gasteiger partial charge in [0.2, 0.25) is 17.7 Å². The van der Waals surface area contributed by atoms with Crippen LogP contribution in [0, 0.1) is 5.82 Å². The first-order chi connectivity index (χ1) is 17.9. The van der Waals surface area contributed by atoms with Crippen LogP contribution in [0.4, 0.5) is 33.2 Å². The molecule has 0 aliphatic heterocycles. The number of aromatic nitrogens is 4. The highest BCUT2D eigenvalue weighted by Gasteiger charge is 2.10. The first kappa shape index (κ1) is 24.7. The molecule has 0 aliphatic rings. The average molecular weight is 500 g/mol. The van der Waals surface area contributed by atoms with Crippen molar-refractivity contribution in [2.45, 2.75) is 0 Å². The van der Waals surface area contributed by atoms with Gasteiger partial charge in [0.05, 0.1) is 18.1 Å². The molecule has 12 heteroatoms. The van der Waals surface area contributed by atoms with Crippen molar-refractivity contribution >= 4 is 40.6 Å². The monoisotopic (exact) mass is 500 g/mol. The third-order valence-corrected chi connectivity index (χ3v) is 4.73. The first-order valence-electron chi connectivity index (χ1n) is 10.9. The van der Waals surface area contributed by atoms with E-state index in [0.29, 0.717) is 22.8 Å². The van der Waals surface area contributed by atoms with E-state index in [-0.39, 0.29) is 35.2 Å². The van der Waals surface area contributed by atoms with Gasteiger partial charge in [0.15, 0.2) is 11.6 Å². The van der Waals surface area contributed by atoms with Gasteiger partial charge in [-0.25, -0.2) is 14.4 Å². The lowest BCUT2D eigenvalue weighted by Crippen LogP contribution is -2.18. The molecule has 3 aromatic heterocycles. The van der Waals surface area contributed by atoms with E-state index in [4.69, 9.17) is 4.74 Å². The fraction of sp³-hybridized carbons (Fsp3) is 0.0400. The van der Waals surface area contributed by atoms with Crippen LogP contribution in [-0.2, 0) is 4.79 Å². The average Bonchev–Trinajstić information content (AvgIpc) is 2.91. The van der Waals surface area contributed by atoms with Gasteiger partial charge < -0.3 is 26.0 Å². The van der Waals surface area contributed by atoms with Crippen LogP contribution >= 0.6 is 0 Å². The van der Waals surface area contributed by atoms with Crippen LogP contribution in [0.1, 0.15) is 10.5 Å². The zero-order chi connectivity index (χ0) is 26.2. The summed E-state index contributed by atoms with van der Waals surface area (Å²) in [6.07, 6.45) is 5.13. The summed E-state index contributed by atoms with van der Waals surface area (Å²) in [7, 11) is 1.51. The van der Waals surface area contributed by atoms with Crippen molar-refractivity contribution in [2.24, 2.45) is 0 Å². The van der Waals surface area contributed by atoms with Crippen LogP contribution < -0.4 is 26.0 Å². The minimum absolute atomic E-state index is 0.0674. The Morgan fingerprint density at radius 3 is 2.57 bits per heavy atom. The highest BCUT2D eigenvalue weighted by molar-refractivity contribution is 5.99. The van der Waals surface area contributed by atoms with E-state index in [0.717, 1.165) is 12.3 Å². The zero-order valence-electron chi connectivity index (χ0n) is 19.5. The van der Waals surface area contributed by atoms with Crippen molar-refractivity contribution in [2.75, 3.05) is 23.0 Å². The lowest BCUT2D eigenvalue weighted by Gasteiger charge is -2.11. The second-order valence-electron chi connectivity index (χ2n) is 7.36. The van der Waals surface area contributed by atoms with Crippen LogP contribution in [0.15, 0.2) is 79.8 Å². The molecule has 2 amide bonds. The summed E-state index contributed by atoms with van der Waals surface area (Å²) >= 11 is 0. The maximum atomic E-state index is 14.4. The Morgan fingerprint density at radius 2 is 1.81 bits per heavy atom. The van der Waals surface area contributed by atoms with Gasteiger partial charge in [0.25, 0.3) is 5.91 Å². The van der Waals surface area contributed by atoms with E-state index in [1.807, 2.05) is 0 Å². The maximum Gasteiger partial charge on any atom is 0.269 e. The number of pyridine rings is 2. The molecule has 37 heavy (non-hydrogen) atoms. The summed E-state index contributed by atoms with van der Waals surface area (Å²) in [5, 5.41) is 10.9. The van der Waals surface area contributed by atoms with Crippen molar-refractivity contribution in [3.8, 4) is 11.6 Å². The lowest BCUT2D eigenvalue weighted by molar-refractivity contribution is -0.111. The second kappa shape index (κ2) is 11.4. The summed E-state index contributed by atoms with van der Waals surface area (Å²) in [5.74, 6) is -0.629. The summed E-state index contributed by atoms with van der Waals surface area (Å²) < 4.78 is 20.0. The smallest absolute Gasteiger partial charge is 0.269 e. The number of carbonyl (C=O) groups excluding carboxylic acids is 2. The lowest BCUT2D eigenvalue weighted by atomic mass is 10.2. The normalized spacial score (nSPS) is 10.2. The number of benzene rings is 1. The van der Waals surface area contributed by atoms with Gasteiger partial charge in [-0.3, -0.25) is 14.6 Å². The molecule has 0 radical (unpaired) electrons. The Hall–Kier alpha value is -5.39. The van der Waals surface area contributed by atoms with Crippen LogP contribution in [0.25, 0.3) is 0 Å². The molecule has 0 saturated carbocycles. The fourth-order valence-corrected chi connectivity index (χ4v) is 3.01. The summed E-state index contributed by atoms with van der Waals surface area (Å²) in [5.41, 5.74) is 1.75. The largest absolute Gasteiger partial charge is 0.439 e. The number of amides is 2. The minimum atomic E-state index is -0.665. The third kappa shape index (κ3) is 6.60. The molecule has 1 aromatic carbocycles. The molecule has 0 unspecified atom stereocenters. The summed E-state index contributed by atoms with van der Waals surface area (Å²) in [6.45, 7) is 3.41. The van der Waals surface area contributed by atoms with Gasteiger partial charge in [0, 0.05) is 36.8 Å². The SMILES string of the molecule is C=CC(=O)Nc1cccc(Nc2nc(Nc3ccc(Oc4ccnc(C(=O)NC)c4)nc3)ncc2F)c1. The first-order valence-corrected chi connectivity index (χ1v) is 10.9. The van der Waals surface area contributed by atoms with Gasteiger partial charge in [-0.1, -0.05) is 12.6 Å². The molecule has 0 fully saturated rings. The summed E-state index contributed by atoms with van der Waals surface area (Å²) in [6, 6.07) is 13.1. The number of carbonyl (C=O) groups is 2. The van der Waals surface area contributed by atoms with E-state index >= 15 is 0 Å². The molecule has 4 rings (SSSR count). The standard InChI is InChI=1S/C25H21FN8O3/c1-3-21(35)31-15-5-4-6-16(11-15)32-23-19(26)14-30-25(34-23)33-17-7-8-22(29-13-17)37-18-9-10-28-20(12-18)24(36)27-2/h3-14H,1H2,2H3,(H,27,36)(H,31,35)(H2,30,32,33,34). The minimum Gasteiger partial charge on any atom is -0.439 e. The molecular weight excluding hydrogens is 479 g/mol. The molecule has 0 bridgehead atoms. The molecule has 0 spiro atoms. The quantitative estimate of drug-likeness (QED) is 0.249. The number of nitrogens with zero attached hydrogens (tertiary/aromatic N) is 4. The van der Waals surface area contributed by atoms with Gasteiger partial charge in [-0.05, 0) is 36.4 Å². The number of hydrogen-bond acceptors (Lipinski definition) is 9. The van der Waals surface area contributed by atoms with E-state index in [2.05, 4.69) is 47.8 Å². The van der Waals surface area contributed by atoms with Gasteiger partial charge in [0.1, 0.15) is 11.4 Å². The number of ether oxygens (including phenoxy) is 1. The van der Waals surface area contributed by atoms with E-state index in [9.17, 15) is 14.0 Å². The molecule has 0 atom stereocenters. The van der Waals surface area contributed by atoms with E-state index < -0.39 is 5.82 Å². The fourth-order valence-electron chi connectivity index (χ4n) is 3.01. The third-order valence-electron chi connectivity index (χ3n) is 4.73. The van der Waals surface area contributed by atoms with E-state index in [1.165, 1.54) is 25.5 Å². The molecule has 0 aliphatic carbocycles. The molecule has 0 saturated heterocycles. The molecule has 3 heterocycles. The highest BCUT2D eigenvalue weighted by atomic mass is 19.1. The molecular formula is C25H21FN8O3. The van der Waals surface area contributed by atoms with Crippen molar-refractivity contribution < 1.29 is 18.7 Å². The van der Waals surface area contributed by atoms with Gasteiger partial charge in [-0.15, -0.1) is 0 Å². The Kier molecular flexibility index (Phi) is 7.59. The predicted molar refractivity (Wildman–Crippen MR) is 136 cm³/mol. The van der Waals surface area contributed by atoms with Crippen LogP contribution in [0.5, 0.6) is 11.6 Å². The zero-order valence-corrected chi connectivity index (χ0v) is 19.5. The number of hydrogen-bond donors (Lipinski definition) is 4. The van der Waals surface area contributed by atoms with Crippen LogP contribution in [0.2, 0.25) is 0 Å². The van der Waals surface area contributed by atoms with Crippen LogP contribution in [-0.4, -0.2) is 38.8 Å². The van der Waals surface area contributed by atoms with Crippen LogP contribution in [0.3, 0.4) is 0 Å². The number of halogens is 1. The topological polar surface area (TPSA) is 143 Å². The number of anilines is 5. The van der Waals surface area contributed by atoms with E-state index in [1.54, 1.807) is 42.5 Å². The molecule has 11 nitrogen and oxygen atoms in total. The molecule has 186 valence electrons. The van der Waals surface area contributed by atoms with Crippen molar-refractivity contribution in [1.82, 2.24) is 25.3 Å². The Balaban J connectivity index is 1.43. The highest BCUT2D eigenvalue weighted by Crippen LogP contribution is 2.24. The van der Waals surface area contributed by atoms with Gasteiger partial charge in [-0.2, -0.15) is 4.98 Å². The van der Waals surface area contributed by atoms with Crippen molar-refractivity contribution in [3.05, 3.63) is 91.3 Å². The predicted octanol–water partition coefficient (Wildman–Crippen LogP) is 4.17. The molecule has 4 aromatic rings. The van der Waals surface area contributed by atoms with Gasteiger partial charge >= 0.3 is 0 Å².